The topological polar surface area (TPSA) is 20.2 Å². The summed E-state index contributed by atoms with van der Waals surface area (Å²) in [5, 5.41) is 9.10. The summed E-state index contributed by atoms with van der Waals surface area (Å²) in [6.07, 6.45) is 4.53. The smallest absolute Gasteiger partial charge is 0.0512 e. The molecule has 1 heteroatoms. The van der Waals surface area contributed by atoms with E-state index in [1.54, 1.807) is 0 Å². The number of aliphatic hydroxyl groups excluding tert-OH is 1. The second-order valence-electron chi connectivity index (χ2n) is 5.65. The fourth-order valence-corrected chi connectivity index (χ4v) is 1.91. The van der Waals surface area contributed by atoms with Gasteiger partial charge in [-0.25, -0.2) is 0 Å². The Morgan fingerprint density at radius 1 is 1.08 bits per heavy atom. The SMILES string of the molecule is CC(O)CCCC(C)CC(C)(C)C. The third-order valence-electron chi connectivity index (χ3n) is 2.28. The lowest BCUT2D eigenvalue weighted by atomic mass is 9.83. The molecule has 2 atom stereocenters. The maximum Gasteiger partial charge on any atom is 0.0512 e. The van der Waals surface area contributed by atoms with Crippen molar-refractivity contribution in [3.63, 3.8) is 0 Å². The first-order chi connectivity index (χ1) is 5.81. The van der Waals surface area contributed by atoms with E-state index in [9.17, 15) is 0 Å². The van der Waals surface area contributed by atoms with Gasteiger partial charge in [0.2, 0.25) is 0 Å². The molecule has 0 saturated carbocycles. The maximum absolute atomic E-state index is 9.10. The molecule has 0 aromatic heterocycles. The molecule has 0 rings (SSSR count). The van der Waals surface area contributed by atoms with Gasteiger partial charge in [-0.2, -0.15) is 0 Å². The van der Waals surface area contributed by atoms with Crippen LogP contribution in [0.3, 0.4) is 0 Å². The molecule has 1 nitrogen and oxygen atoms in total. The molecular weight excluding hydrogens is 160 g/mol. The van der Waals surface area contributed by atoms with Gasteiger partial charge in [-0.15, -0.1) is 0 Å². The van der Waals surface area contributed by atoms with E-state index >= 15 is 0 Å². The fourth-order valence-electron chi connectivity index (χ4n) is 1.91. The zero-order valence-corrected chi connectivity index (χ0v) is 9.93. The monoisotopic (exact) mass is 186 g/mol. The van der Waals surface area contributed by atoms with Crippen LogP contribution in [0.2, 0.25) is 0 Å². The van der Waals surface area contributed by atoms with Gasteiger partial charge in [-0.1, -0.05) is 40.5 Å². The molecule has 2 unspecified atom stereocenters. The second-order valence-corrected chi connectivity index (χ2v) is 5.65. The fraction of sp³-hybridized carbons (Fsp3) is 1.00. The lowest BCUT2D eigenvalue weighted by molar-refractivity contribution is 0.176. The van der Waals surface area contributed by atoms with E-state index in [0.717, 1.165) is 18.8 Å². The molecule has 0 aliphatic carbocycles. The Labute approximate surface area is 83.5 Å². The molecule has 0 amide bonds. The van der Waals surface area contributed by atoms with Crippen molar-refractivity contribution < 1.29 is 5.11 Å². The van der Waals surface area contributed by atoms with E-state index in [1.807, 2.05) is 6.92 Å². The van der Waals surface area contributed by atoms with Gasteiger partial charge in [0.05, 0.1) is 6.10 Å². The van der Waals surface area contributed by atoms with Gasteiger partial charge in [0.15, 0.2) is 0 Å². The Balaban J connectivity index is 3.46. The Morgan fingerprint density at radius 3 is 2.00 bits per heavy atom. The molecule has 0 radical (unpaired) electrons. The van der Waals surface area contributed by atoms with Gasteiger partial charge in [0.25, 0.3) is 0 Å². The number of hydrogen-bond donors (Lipinski definition) is 1. The third kappa shape index (κ3) is 9.88. The summed E-state index contributed by atoms with van der Waals surface area (Å²) in [6, 6.07) is 0. The van der Waals surface area contributed by atoms with Gasteiger partial charge in [0.1, 0.15) is 0 Å². The Hall–Kier alpha value is -0.0400. The lowest BCUT2D eigenvalue weighted by Crippen LogP contribution is -2.11. The van der Waals surface area contributed by atoms with Crippen molar-refractivity contribution in [3.8, 4) is 0 Å². The summed E-state index contributed by atoms with van der Waals surface area (Å²) in [4.78, 5) is 0. The van der Waals surface area contributed by atoms with Crippen molar-refractivity contribution in [2.24, 2.45) is 11.3 Å². The first kappa shape index (κ1) is 13.0. The maximum atomic E-state index is 9.10. The standard InChI is InChI=1S/C12H26O/c1-10(9-12(3,4)5)7-6-8-11(2)13/h10-11,13H,6-9H2,1-5H3. The highest BCUT2D eigenvalue weighted by atomic mass is 16.3. The van der Waals surface area contributed by atoms with E-state index in [2.05, 4.69) is 27.7 Å². The van der Waals surface area contributed by atoms with E-state index in [4.69, 9.17) is 5.11 Å². The summed E-state index contributed by atoms with van der Waals surface area (Å²) in [5.74, 6) is 0.791. The highest BCUT2D eigenvalue weighted by molar-refractivity contribution is 4.66. The van der Waals surface area contributed by atoms with Gasteiger partial charge in [-0.3, -0.25) is 0 Å². The minimum atomic E-state index is -0.123. The van der Waals surface area contributed by atoms with Crippen molar-refractivity contribution >= 4 is 0 Å². The van der Waals surface area contributed by atoms with Crippen LogP contribution in [0.4, 0.5) is 0 Å². The van der Waals surface area contributed by atoms with Crippen LogP contribution in [0.5, 0.6) is 0 Å². The van der Waals surface area contributed by atoms with E-state index < -0.39 is 0 Å². The van der Waals surface area contributed by atoms with Gasteiger partial charge >= 0.3 is 0 Å². The molecule has 0 heterocycles. The second kappa shape index (κ2) is 5.64. The van der Waals surface area contributed by atoms with Crippen LogP contribution in [0.1, 0.15) is 60.3 Å². The van der Waals surface area contributed by atoms with Crippen molar-refractivity contribution in [2.45, 2.75) is 66.4 Å². The third-order valence-corrected chi connectivity index (χ3v) is 2.28. The molecule has 13 heavy (non-hydrogen) atoms. The molecule has 0 aliphatic heterocycles. The van der Waals surface area contributed by atoms with Crippen molar-refractivity contribution in [3.05, 3.63) is 0 Å². The Bertz CT molecular complexity index is 122. The zero-order valence-electron chi connectivity index (χ0n) is 9.93. The summed E-state index contributed by atoms with van der Waals surface area (Å²) in [6.45, 7) is 11.1. The number of rotatable bonds is 5. The molecule has 0 aromatic carbocycles. The first-order valence-corrected chi connectivity index (χ1v) is 5.49. The van der Waals surface area contributed by atoms with Crippen molar-refractivity contribution in [2.75, 3.05) is 0 Å². The van der Waals surface area contributed by atoms with Gasteiger partial charge in [-0.05, 0) is 31.1 Å². The quantitative estimate of drug-likeness (QED) is 0.695. The predicted molar refractivity (Wildman–Crippen MR) is 58.8 cm³/mol. The molecule has 0 fully saturated rings. The van der Waals surface area contributed by atoms with Crippen molar-refractivity contribution in [1.82, 2.24) is 0 Å². The van der Waals surface area contributed by atoms with Crippen LogP contribution >= 0.6 is 0 Å². The molecule has 1 N–H and O–H groups in total. The minimum Gasteiger partial charge on any atom is -0.393 e. The zero-order chi connectivity index (χ0) is 10.5. The summed E-state index contributed by atoms with van der Waals surface area (Å²) in [5.41, 5.74) is 0.449. The largest absolute Gasteiger partial charge is 0.393 e. The Morgan fingerprint density at radius 2 is 1.62 bits per heavy atom. The highest BCUT2D eigenvalue weighted by Gasteiger charge is 2.14. The van der Waals surface area contributed by atoms with Crippen LogP contribution in [0.25, 0.3) is 0 Å². The molecule has 0 aromatic rings. The highest BCUT2D eigenvalue weighted by Crippen LogP contribution is 2.26. The van der Waals surface area contributed by atoms with E-state index in [0.29, 0.717) is 5.41 Å². The lowest BCUT2D eigenvalue weighted by Gasteiger charge is -2.23. The number of hydrogen-bond acceptors (Lipinski definition) is 1. The normalized spacial score (nSPS) is 17.1. The van der Waals surface area contributed by atoms with Crippen LogP contribution in [0, 0.1) is 11.3 Å². The summed E-state index contributed by atoms with van der Waals surface area (Å²) < 4.78 is 0. The number of aliphatic hydroxyl groups is 1. The van der Waals surface area contributed by atoms with Crippen LogP contribution in [0.15, 0.2) is 0 Å². The average Bonchev–Trinajstić information content (AvgIpc) is 1.81. The van der Waals surface area contributed by atoms with E-state index in [-0.39, 0.29) is 6.10 Å². The first-order valence-electron chi connectivity index (χ1n) is 5.49. The van der Waals surface area contributed by atoms with Crippen LogP contribution in [-0.4, -0.2) is 11.2 Å². The van der Waals surface area contributed by atoms with Gasteiger partial charge < -0.3 is 5.11 Å². The molecular formula is C12H26O. The molecule has 0 saturated heterocycles. The van der Waals surface area contributed by atoms with E-state index in [1.165, 1.54) is 12.8 Å². The average molecular weight is 186 g/mol. The van der Waals surface area contributed by atoms with Crippen molar-refractivity contribution in [1.29, 1.82) is 0 Å². The molecule has 0 spiro atoms. The molecule has 0 bridgehead atoms. The molecule has 80 valence electrons. The molecule has 0 aliphatic rings. The summed E-state index contributed by atoms with van der Waals surface area (Å²) in [7, 11) is 0. The van der Waals surface area contributed by atoms with Crippen LogP contribution in [-0.2, 0) is 0 Å². The minimum absolute atomic E-state index is 0.123. The Kier molecular flexibility index (Phi) is 5.62. The van der Waals surface area contributed by atoms with Gasteiger partial charge in [0, 0.05) is 0 Å². The predicted octanol–water partition coefficient (Wildman–Crippen LogP) is 3.61. The van der Waals surface area contributed by atoms with Crippen LogP contribution < -0.4 is 0 Å². The summed E-state index contributed by atoms with van der Waals surface area (Å²) >= 11 is 0.